The molecule has 0 saturated carbocycles. The molecule has 0 radical (unpaired) electrons. The third-order valence-electron chi connectivity index (χ3n) is 4.85. The van der Waals surface area contributed by atoms with E-state index in [4.69, 9.17) is 0 Å². The molecule has 0 saturated heterocycles. The molecule has 31 heavy (non-hydrogen) atoms. The summed E-state index contributed by atoms with van der Waals surface area (Å²) in [7, 11) is 0. The van der Waals surface area contributed by atoms with Gasteiger partial charge in [-0.05, 0) is 42.0 Å². The fourth-order valence-electron chi connectivity index (χ4n) is 3.30. The highest BCUT2D eigenvalue weighted by Crippen LogP contribution is 2.30. The number of hydrogen-bond acceptors (Lipinski definition) is 1. The third-order valence-corrected chi connectivity index (χ3v) is 4.85. The number of rotatable bonds is 4. The van der Waals surface area contributed by atoms with Gasteiger partial charge >= 0.3 is 6.18 Å². The van der Waals surface area contributed by atoms with Gasteiger partial charge in [0.15, 0.2) is 11.6 Å². The quantitative estimate of drug-likeness (QED) is 0.382. The number of nitrogens with zero attached hydrogens (tertiary/aromatic N) is 1. The van der Waals surface area contributed by atoms with Crippen LogP contribution in [0.2, 0.25) is 0 Å². The Labute approximate surface area is 173 Å². The number of para-hydroxylation sites is 1. The van der Waals surface area contributed by atoms with E-state index in [0.29, 0.717) is 16.6 Å². The van der Waals surface area contributed by atoms with Gasteiger partial charge in [0.25, 0.3) is 5.91 Å². The van der Waals surface area contributed by atoms with E-state index in [-0.39, 0.29) is 12.1 Å². The zero-order chi connectivity index (χ0) is 22.2. The molecule has 1 heterocycles. The first-order valence-corrected chi connectivity index (χ1v) is 9.23. The Bertz CT molecular complexity index is 1260. The highest BCUT2D eigenvalue weighted by Gasteiger charge is 2.29. The molecule has 0 aliphatic heterocycles. The van der Waals surface area contributed by atoms with Crippen molar-refractivity contribution in [1.82, 2.24) is 4.57 Å². The second-order valence-electron chi connectivity index (χ2n) is 6.97. The molecule has 0 bridgehead atoms. The normalized spacial score (nSPS) is 11.6. The van der Waals surface area contributed by atoms with E-state index in [0.717, 1.165) is 29.8 Å². The first-order chi connectivity index (χ1) is 14.7. The van der Waals surface area contributed by atoms with Crippen LogP contribution >= 0.6 is 0 Å². The standard InChI is InChI=1S/C23H15F5N2O/c24-18-10-7-15(11-19(18)25)22(31)29-20-13-30(21-4-2-1-3-17(20)21)12-14-5-8-16(9-6-14)23(26,27)28/h1-11,13H,12H2,(H,29,31). The average Bonchev–Trinajstić information content (AvgIpc) is 3.07. The zero-order valence-electron chi connectivity index (χ0n) is 15.9. The molecule has 0 unspecified atom stereocenters. The molecule has 3 nitrogen and oxygen atoms in total. The number of carbonyl (C=O) groups excluding carboxylic acids is 1. The number of anilines is 1. The maximum atomic E-state index is 13.5. The van der Waals surface area contributed by atoms with Gasteiger partial charge in [0.1, 0.15) is 0 Å². The summed E-state index contributed by atoms with van der Waals surface area (Å²) in [5.41, 5.74) is 1.07. The fraction of sp³-hybridized carbons (Fsp3) is 0.0870. The summed E-state index contributed by atoms with van der Waals surface area (Å²) in [6.45, 7) is 0.277. The Morgan fingerprint density at radius 1 is 0.903 bits per heavy atom. The molecule has 0 aliphatic carbocycles. The van der Waals surface area contributed by atoms with Crippen molar-refractivity contribution < 1.29 is 26.7 Å². The highest BCUT2D eigenvalue weighted by atomic mass is 19.4. The van der Waals surface area contributed by atoms with Crippen molar-refractivity contribution in [2.24, 2.45) is 0 Å². The number of carbonyl (C=O) groups is 1. The predicted octanol–water partition coefficient (Wildman–Crippen LogP) is 6.24. The van der Waals surface area contributed by atoms with Gasteiger partial charge < -0.3 is 9.88 Å². The molecule has 3 aromatic carbocycles. The van der Waals surface area contributed by atoms with Crippen molar-refractivity contribution in [2.75, 3.05) is 5.32 Å². The van der Waals surface area contributed by atoms with Crippen molar-refractivity contribution >= 4 is 22.5 Å². The van der Waals surface area contributed by atoms with Gasteiger partial charge in [-0.15, -0.1) is 0 Å². The maximum absolute atomic E-state index is 13.5. The number of hydrogen-bond donors (Lipinski definition) is 1. The van der Waals surface area contributed by atoms with Crippen LogP contribution in [-0.4, -0.2) is 10.5 Å². The zero-order valence-corrected chi connectivity index (χ0v) is 15.9. The number of benzene rings is 3. The minimum atomic E-state index is -4.41. The van der Waals surface area contributed by atoms with Crippen molar-refractivity contribution in [2.45, 2.75) is 12.7 Å². The molecule has 1 amide bonds. The third kappa shape index (κ3) is 4.28. The number of alkyl halides is 3. The molecular weight excluding hydrogens is 415 g/mol. The summed E-state index contributed by atoms with van der Waals surface area (Å²) >= 11 is 0. The van der Waals surface area contributed by atoms with Crippen molar-refractivity contribution in [3.63, 3.8) is 0 Å². The molecule has 0 spiro atoms. The second-order valence-corrected chi connectivity index (χ2v) is 6.97. The van der Waals surface area contributed by atoms with Gasteiger partial charge in [-0.3, -0.25) is 4.79 Å². The molecule has 4 aromatic rings. The lowest BCUT2D eigenvalue weighted by molar-refractivity contribution is -0.137. The van der Waals surface area contributed by atoms with E-state index in [9.17, 15) is 26.7 Å². The summed E-state index contributed by atoms with van der Waals surface area (Å²) in [5, 5.41) is 3.38. The van der Waals surface area contributed by atoms with Gasteiger partial charge in [-0.25, -0.2) is 8.78 Å². The van der Waals surface area contributed by atoms with Gasteiger partial charge in [0.05, 0.1) is 16.8 Å². The number of halogens is 5. The van der Waals surface area contributed by atoms with Crippen LogP contribution in [0.15, 0.2) is 72.9 Å². The lowest BCUT2D eigenvalue weighted by Gasteiger charge is -2.09. The first-order valence-electron chi connectivity index (χ1n) is 9.23. The van der Waals surface area contributed by atoms with Gasteiger partial charge in [-0.1, -0.05) is 30.3 Å². The maximum Gasteiger partial charge on any atom is 0.416 e. The fourth-order valence-corrected chi connectivity index (χ4v) is 3.30. The summed E-state index contributed by atoms with van der Waals surface area (Å²) in [6, 6.07) is 14.9. The molecule has 0 aliphatic rings. The molecule has 8 heteroatoms. The largest absolute Gasteiger partial charge is 0.416 e. The number of fused-ring (bicyclic) bond motifs is 1. The first kappa shape index (κ1) is 20.6. The topological polar surface area (TPSA) is 34.0 Å². The molecule has 0 fully saturated rings. The van der Waals surface area contributed by atoms with Gasteiger partial charge in [0.2, 0.25) is 0 Å². The lowest BCUT2D eigenvalue weighted by atomic mass is 10.1. The van der Waals surface area contributed by atoms with Crippen LogP contribution in [0.5, 0.6) is 0 Å². The van der Waals surface area contributed by atoms with Crippen LogP contribution in [0, 0.1) is 11.6 Å². The minimum absolute atomic E-state index is 0.0431. The SMILES string of the molecule is O=C(Nc1cn(Cc2ccc(C(F)(F)F)cc2)c2ccccc12)c1ccc(F)c(F)c1. The highest BCUT2D eigenvalue weighted by molar-refractivity contribution is 6.09. The van der Waals surface area contributed by atoms with Crippen LogP contribution in [0.25, 0.3) is 10.9 Å². The summed E-state index contributed by atoms with van der Waals surface area (Å²) in [4.78, 5) is 12.5. The average molecular weight is 430 g/mol. The summed E-state index contributed by atoms with van der Waals surface area (Å²) in [6.07, 6.45) is -2.75. The van der Waals surface area contributed by atoms with Crippen molar-refractivity contribution in [3.05, 3.63) is 101 Å². The monoisotopic (exact) mass is 430 g/mol. The van der Waals surface area contributed by atoms with Crippen LogP contribution in [-0.2, 0) is 12.7 Å². The second kappa shape index (κ2) is 7.86. The van der Waals surface area contributed by atoms with Crippen molar-refractivity contribution in [3.8, 4) is 0 Å². The van der Waals surface area contributed by atoms with E-state index >= 15 is 0 Å². The molecule has 1 N–H and O–H groups in total. The van der Waals surface area contributed by atoms with E-state index in [1.807, 2.05) is 6.07 Å². The smallest absolute Gasteiger partial charge is 0.341 e. The summed E-state index contributed by atoms with van der Waals surface area (Å²) in [5.74, 6) is -2.79. The lowest BCUT2D eigenvalue weighted by Crippen LogP contribution is -2.12. The minimum Gasteiger partial charge on any atom is -0.341 e. The van der Waals surface area contributed by atoms with E-state index in [2.05, 4.69) is 5.32 Å². The van der Waals surface area contributed by atoms with E-state index in [1.165, 1.54) is 18.2 Å². The Kier molecular flexibility index (Phi) is 5.22. The Hall–Kier alpha value is -3.68. The molecule has 0 atom stereocenters. The summed E-state index contributed by atoms with van der Waals surface area (Å²) < 4.78 is 66.7. The van der Waals surface area contributed by atoms with Gasteiger partial charge in [-0.2, -0.15) is 13.2 Å². The molecular formula is C23H15F5N2O. The molecule has 158 valence electrons. The number of amides is 1. The Morgan fingerprint density at radius 3 is 2.29 bits per heavy atom. The van der Waals surface area contributed by atoms with Crippen LogP contribution in [0.3, 0.4) is 0 Å². The Balaban J connectivity index is 1.63. The van der Waals surface area contributed by atoms with Crippen LogP contribution in [0.4, 0.5) is 27.6 Å². The predicted molar refractivity (Wildman–Crippen MR) is 107 cm³/mol. The number of aromatic nitrogens is 1. The van der Waals surface area contributed by atoms with Gasteiger partial charge in [0, 0.05) is 23.7 Å². The molecule has 4 rings (SSSR count). The Morgan fingerprint density at radius 2 is 1.61 bits per heavy atom. The molecule has 1 aromatic heterocycles. The van der Waals surface area contributed by atoms with E-state index in [1.54, 1.807) is 29.0 Å². The van der Waals surface area contributed by atoms with E-state index < -0.39 is 29.3 Å². The van der Waals surface area contributed by atoms with Crippen LogP contribution in [0.1, 0.15) is 21.5 Å². The van der Waals surface area contributed by atoms with Crippen molar-refractivity contribution in [1.29, 1.82) is 0 Å². The van der Waals surface area contributed by atoms with Crippen LogP contribution < -0.4 is 5.32 Å². The number of nitrogens with one attached hydrogen (secondary N) is 1.